The number of anilines is 1. The zero-order chi connectivity index (χ0) is 16.1. The van der Waals surface area contributed by atoms with Crippen molar-refractivity contribution in [2.24, 2.45) is 23.7 Å². The van der Waals surface area contributed by atoms with Crippen LogP contribution < -0.4 is 14.4 Å². The molecule has 0 N–H and O–H groups in total. The fraction of sp³-hybridized carbons (Fsp3) is 0.444. The Kier molecular flexibility index (Phi) is 3.18. The molecule has 0 unspecified atom stereocenters. The van der Waals surface area contributed by atoms with Crippen LogP contribution in [0.15, 0.2) is 30.4 Å². The first-order valence-corrected chi connectivity index (χ1v) is 7.94. The molecule has 1 aliphatic heterocycles. The van der Waals surface area contributed by atoms with E-state index in [0.29, 0.717) is 17.2 Å². The molecule has 120 valence electrons. The first kappa shape index (κ1) is 14.3. The van der Waals surface area contributed by atoms with Gasteiger partial charge in [-0.15, -0.1) is 0 Å². The molecule has 1 aromatic carbocycles. The van der Waals surface area contributed by atoms with Crippen LogP contribution in [-0.2, 0) is 9.59 Å². The van der Waals surface area contributed by atoms with Gasteiger partial charge in [0.2, 0.25) is 11.8 Å². The molecule has 23 heavy (non-hydrogen) atoms. The highest BCUT2D eigenvalue weighted by atomic mass is 16.5. The summed E-state index contributed by atoms with van der Waals surface area (Å²) in [6.07, 6.45) is 6.25. The van der Waals surface area contributed by atoms with Gasteiger partial charge in [-0.25, -0.2) is 4.90 Å². The number of hydrogen-bond donors (Lipinski definition) is 0. The highest BCUT2D eigenvalue weighted by Crippen LogP contribution is 2.50. The molecule has 4 aliphatic rings. The second kappa shape index (κ2) is 5.11. The number of methoxy groups -OCH3 is 2. The normalized spacial score (nSPS) is 31.5. The molecular formula is C18H19NO4. The second-order valence-electron chi connectivity index (χ2n) is 6.39. The van der Waals surface area contributed by atoms with Crippen LogP contribution in [0.25, 0.3) is 0 Å². The molecule has 2 amide bonds. The quantitative estimate of drug-likeness (QED) is 0.635. The summed E-state index contributed by atoms with van der Waals surface area (Å²) >= 11 is 0. The molecule has 1 heterocycles. The number of allylic oxidation sites excluding steroid dienone is 2. The monoisotopic (exact) mass is 313 g/mol. The van der Waals surface area contributed by atoms with Gasteiger partial charge in [0.05, 0.1) is 31.7 Å². The van der Waals surface area contributed by atoms with Crippen LogP contribution in [0.1, 0.15) is 12.8 Å². The van der Waals surface area contributed by atoms with Gasteiger partial charge in [-0.2, -0.15) is 0 Å². The summed E-state index contributed by atoms with van der Waals surface area (Å²) in [4.78, 5) is 27.1. The van der Waals surface area contributed by atoms with Gasteiger partial charge in [-0.1, -0.05) is 12.2 Å². The summed E-state index contributed by atoms with van der Waals surface area (Å²) in [7, 11) is 3.10. The van der Waals surface area contributed by atoms with Gasteiger partial charge >= 0.3 is 0 Å². The van der Waals surface area contributed by atoms with E-state index in [0.717, 1.165) is 12.8 Å². The first-order chi connectivity index (χ1) is 11.2. The lowest BCUT2D eigenvalue weighted by Gasteiger charge is -2.38. The van der Waals surface area contributed by atoms with E-state index in [1.54, 1.807) is 32.4 Å². The number of imide groups is 1. The van der Waals surface area contributed by atoms with E-state index in [-0.39, 0.29) is 35.5 Å². The highest BCUT2D eigenvalue weighted by Gasteiger charge is 2.56. The molecule has 3 aliphatic carbocycles. The number of hydrogen-bond acceptors (Lipinski definition) is 4. The second-order valence-corrected chi connectivity index (χ2v) is 6.39. The Morgan fingerprint density at radius 1 is 0.913 bits per heavy atom. The highest BCUT2D eigenvalue weighted by molar-refractivity contribution is 6.22. The SMILES string of the molecule is COc1ccc(N2C(=O)[C@@H]3[C@H](C2=O)[C@@H]2C=C[C@H]3CC2)cc1OC. The van der Waals surface area contributed by atoms with Crippen molar-refractivity contribution in [1.82, 2.24) is 0 Å². The molecule has 0 radical (unpaired) electrons. The Balaban J connectivity index is 1.73. The minimum atomic E-state index is -0.195. The molecule has 4 atom stereocenters. The fourth-order valence-electron chi connectivity index (χ4n) is 4.29. The van der Waals surface area contributed by atoms with Crippen molar-refractivity contribution < 1.29 is 19.1 Å². The number of benzene rings is 1. The topological polar surface area (TPSA) is 55.8 Å². The van der Waals surface area contributed by atoms with E-state index in [1.165, 1.54) is 4.90 Å². The molecule has 5 nitrogen and oxygen atoms in total. The van der Waals surface area contributed by atoms with Crippen LogP contribution >= 0.6 is 0 Å². The number of fused-ring (bicyclic) bond motifs is 1. The zero-order valence-electron chi connectivity index (χ0n) is 13.2. The van der Waals surface area contributed by atoms with Gasteiger partial charge in [0.25, 0.3) is 0 Å². The van der Waals surface area contributed by atoms with Gasteiger partial charge in [0.15, 0.2) is 11.5 Å². The third-order valence-electron chi connectivity index (χ3n) is 5.38. The molecule has 1 saturated heterocycles. The van der Waals surface area contributed by atoms with Gasteiger partial charge in [0.1, 0.15) is 0 Å². The maximum absolute atomic E-state index is 12.9. The molecule has 0 spiro atoms. The fourth-order valence-corrected chi connectivity index (χ4v) is 4.29. The summed E-state index contributed by atoms with van der Waals surface area (Å²) in [6, 6.07) is 5.16. The average molecular weight is 313 g/mol. The van der Waals surface area contributed by atoms with Crippen LogP contribution in [0, 0.1) is 23.7 Å². The molecule has 0 aromatic heterocycles. The molecule has 5 heteroatoms. The maximum atomic E-state index is 12.9. The Labute approximate surface area is 134 Å². The first-order valence-electron chi connectivity index (χ1n) is 7.94. The number of ether oxygens (including phenoxy) is 2. The number of carbonyl (C=O) groups is 2. The van der Waals surface area contributed by atoms with Gasteiger partial charge in [-0.3, -0.25) is 9.59 Å². The van der Waals surface area contributed by atoms with Crippen molar-refractivity contribution >= 4 is 17.5 Å². The van der Waals surface area contributed by atoms with Crippen molar-refractivity contribution in [1.29, 1.82) is 0 Å². The van der Waals surface area contributed by atoms with Crippen molar-refractivity contribution in [2.75, 3.05) is 19.1 Å². The number of amides is 2. The Bertz CT molecular complexity index is 679. The third-order valence-corrected chi connectivity index (χ3v) is 5.38. The zero-order valence-corrected chi connectivity index (χ0v) is 13.2. The standard InChI is InChI=1S/C18H19NO4/c1-22-13-8-7-12(9-14(13)23-2)19-17(20)15-10-3-4-11(6-5-10)16(15)18(19)21/h3-4,7-11,15-16H,5-6H2,1-2H3/t10-,11+,15-,16+. The lowest BCUT2D eigenvalue weighted by atomic mass is 9.63. The van der Waals surface area contributed by atoms with Crippen molar-refractivity contribution in [2.45, 2.75) is 12.8 Å². The number of nitrogens with zero attached hydrogens (tertiary/aromatic N) is 1. The van der Waals surface area contributed by atoms with E-state index >= 15 is 0 Å². The number of rotatable bonds is 3. The Morgan fingerprint density at radius 2 is 1.48 bits per heavy atom. The van der Waals surface area contributed by atoms with E-state index < -0.39 is 0 Å². The van der Waals surface area contributed by atoms with Crippen LogP contribution in [-0.4, -0.2) is 26.0 Å². The van der Waals surface area contributed by atoms with Crippen molar-refractivity contribution in [3.63, 3.8) is 0 Å². The maximum Gasteiger partial charge on any atom is 0.238 e. The summed E-state index contributed by atoms with van der Waals surface area (Å²) in [6.45, 7) is 0. The molecule has 1 aromatic rings. The average Bonchev–Trinajstić information content (AvgIpc) is 2.88. The summed E-state index contributed by atoms with van der Waals surface area (Å²) < 4.78 is 10.5. The van der Waals surface area contributed by atoms with Crippen molar-refractivity contribution in [3.05, 3.63) is 30.4 Å². The molecule has 1 saturated carbocycles. The van der Waals surface area contributed by atoms with Crippen LogP contribution in [0.2, 0.25) is 0 Å². The third kappa shape index (κ3) is 1.92. The lowest BCUT2D eigenvalue weighted by Crippen LogP contribution is -2.38. The van der Waals surface area contributed by atoms with Crippen LogP contribution in [0.4, 0.5) is 5.69 Å². The van der Waals surface area contributed by atoms with Gasteiger partial charge in [-0.05, 0) is 36.8 Å². The Hall–Kier alpha value is -2.30. The van der Waals surface area contributed by atoms with E-state index in [2.05, 4.69) is 12.2 Å². The summed E-state index contributed by atoms with van der Waals surface area (Å²) in [5, 5.41) is 0. The van der Waals surface area contributed by atoms with E-state index in [9.17, 15) is 9.59 Å². The predicted octanol–water partition coefficient (Wildman–Crippen LogP) is 2.41. The molecule has 2 fully saturated rings. The minimum absolute atomic E-state index is 0.0775. The van der Waals surface area contributed by atoms with Gasteiger partial charge < -0.3 is 9.47 Å². The largest absolute Gasteiger partial charge is 0.493 e. The Morgan fingerprint density at radius 3 is 1.96 bits per heavy atom. The van der Waals surface area contributed by atoms with Gasteiger partial charge in [0, 0.05) is 6.07 Å². The number of carbonyl (C=O) groups excluding carboxylic acids is 2. The lowest BCUT2D eigenvalue weighted by molar-refractivity contribution is -0.124. The minimum Gasteiger partial charge on any atom is -0.493 e. The van der Waals surface area contributed by atoms with Crippen molar-refractivity contribution in [3.8, 4) is 11.5 Å². The molecular weight excluding hydrogens is 294 g/mol. The van der Waals surface area contributed by atoms with E-state index in [4.69, 9.17) is 9.47 Å². The molecule has 5 rings (SSSR count). The van der Waals surface area contributed by atoms with Crippen LogP contribution in [0.5, 0.6) is 11.5 Å². The predicted molar refractivity (Wildman–Crippen MR) is 84.4 cm³/mol. The summed E-state index contributed by atoms with van der Waals surface area (Å²) in [5.41, 5.74) is 0.562. The van der Waals surface area contributed by atoms with E-state index in [1.807, 2.05) is 0 Å². The van der Waals surface area contributed by atoms with Crippen LogP contribution in [0.3, 0.4) is 0 Å². The molecule has 2 bridgehead atoms. The smallest absolute Gasteiger partial charge is 0.238 e. The summed E-state index contributed by atoms with van der Waals surface area (Å²) in [5.74, 6) is 0.950.